The second-order valence-corrected chi connectivity index (χ2v) is 3.23. The molecule has 4 nitrogen and oxygen atoms in total. The number of ether oxygens (including phenoxy) is 1. The molecule has 0 heterocycles. The molecule has 0 aliphatic carbocycles. The van der Waals surface area contributed by atoms with Gasteiger partial charge in [0, 0.05) is 17.9 Å². The highest BCUT2D eigenvalue weighted by Crippen LogP contribution is 2.08. The van der Waals surface area contributed by atoms with Crippen molar-refractivity contribution in [1.82, 2.24) is 0 Å². The van der Waals surface area contributed by atoms with E-state index in [1.165, 1.54) is 0 Å². The van der Waals surface area contributed by atoms with Crippen molar-refractivity contribution < 1.29 is 14.3 Å². The molecule has 0 saturated carbocycles. The molecule has 0 aliphatic heterocycles. The Hall–Kier alpha value is -1.68. The van der Waals surface area contributed by atoms with E-state index >= 15 is 0 Å². The average molecular weight is 221 g/mol. The first-order valence-corrected chi connectivity index (χ1v) is 5.19. The number of carbonyl (C=O) groups excluding carboxylic acids is 2. The van der Waals surface area contributed by atoms with Crippen LogP contribution in [0.2, 0.25) is 0 Å². The van der Waals surface area contributed by atoms with Crippen LogP contribution in [0.1, 0.15) is 23.7 Å². The number of carbonyl (C=O) groups is 2. The molecule has 0 aromatic heterocycles. The number of benzene rings is 1. The molecule has 1 rings (SSSR count). The predicted molar refractivity (Wildman–Crippen MR) is 61.6 cm³/mol. The Bertz CT molecular complexity index is 346. The van der Waals surface area contributed by atoms with Gasteiger partial charge in [0.2, 0.25) is 5.91 Å². The first kappa shape index (κ1) is 12.4. The summed E-state index contributed by atoms with van der Waals surface area (Å²) in [5.74, 6) is -0.0905. The van der Waals surface area contributed by atoms with Gasteiger partial charge in [-0.2, -0.15) is 0 Å². The number of hydrogen-bond donors (Lipinski definition) is 1. The van der Waals surface area contributed by atoms with Crippen LogP contribution in [-0.4, -0.2) is 25.4 Å². The van der Waals surface area contributed by atoms with Crippen LogP contribution in [0.3, 0.4) is 0 Å². The van der Waals surface area contributed by atoms with Crippen LogP contribution in [0.4, 0.5) is 5.69 Å². The van der Waals surface area contributed by atoms with Crippen molar-refractivity contribution in [2.24, 2.45) is 0 Å². The van der Waals surface area contributed by atoms with Crippen LogP contribution in [0, 0.1) is 0 Å². The molecule has 1 aromatic carbocycles. The largest absolute Gasteiger partial charge is 0.381 e. The van der Waals surface area contributed by atoms with Gasteiger partial charge in [0.25, 0.3) is 0 Å². The Kier molecular flexibility index (Phi) is 5.22. The maximum Gasteiger partial charge on any atom is 0.226 e. The minimum atomic E-state index is -0.0905. The highest BCUT2D eigenvalue weighted by molar-refractivity contribution is 5.91. The third-order valence-corrected chi connectivity index (χ3v) is 2.01. The van der Waals surface area contributed by atoms with Crippen LogP contribution in [0.25, 0.3) is 0 Å². The zero-order valence-corrected chi connectivity index (χ0v) is 9.23. The third-order valence-electron chi connectivity index (χ3n) is 2.01. The quantitative estimate of drug-likeness (QED) is 0.589. The van der Waals surface area contributed by atoms with E-state index in [-0.39, 0.29) is 5.91 Å². The van der Waals surface area contributed by atoms with Gasteiger partial charge in [-0.3, -0.25) is 9.59 Å². The summed E-state index contributed by atoms with van der Waals surface area (Å²) < 4.78 is 5.07. The fraction of sp³-hybridized carbons (Fsp3) is 0.333. The molecule has 0 atom stereocenters. The smallest absolute Gasteiger partial charge is 0.226 e. The van der Waals surface area contributed by atoms with E-state index in [1.54, 1.807) is 24.3 Å². The monoisotopic (exact) mass is 221 g/mol. The Morgan fingerprint density at radius 3 is 2.62 bits per heavy atom. The zero-order valence-electron chi connectivity index (χ0n) is 9.23. The zero-order chi connectivity index (χ0) is 11.8. The molecule has 86 valence electrons. The number of anilines is 1. The molecule has 1 amide bonds. The molecule has 4 heteroatoms. The fourth-order valence-electron chi connectivity index (χ4n) is 1.18. The number of nitrogens with one attached hydrogen (secondary N) is 1. The summed E-state index contributed by atoms with van der Waals surface area (Å²) in [6.45, 7) is 2.92. The molecule has 0 saturated heterocycles. The maximum atomic E-state index is 11.4. The Labute approximate surface area is 94.6 Å². The highest BCUT2D eigenvalue weighted by atomic mass is 16.5. The lowest BCUT2D eigenvalue weighted by Gasteiger charge is -2.05. The molecule has 1 aromatic rings. The Balaban J connectivity index is 2.40. The van der Waals surface area contributed by atoms with Crippen molar-refractivity contribution in [2.45, 2.75) is 13.3 Å². The number of rotatable bonds is 6. The molecule has 0 bridgehead atoms. The van der Waals surface area contributed by atoms with Crippen molar-refractivity contribution in [3.05, 3.63) is 29.8 Å². The molecular formula is C12H15NO3. The van der Waals surface area contributed by atoms with Crippen molar-refractivity contribution >= 4 is 17.9 Å². The number of hydrogen-bond acceptors (Lipinski definition) is 3. The summed E-state index contributed by atoms with van der Waals surface area (Å²) >= 11 is 0. The van der Waals surface area contributed by atoms with Gasteiger partial charge in [-0.05, 0) is 31.2 Å². The normalized spacial score (nSPS) is 9.81. The second-order valence-electron chi connectivity index (χ2n) is 3.23. The molecule has 0 spiro atoms. The molecule has 0 fully saturated rings. The van der Waals surface area contributed by atoms with Crippen LogP contribution < -0.4 is 5.32 Å². The SMILES string of the molecule is CCOCCC(=O)Nc1ccc(C=O)cc1. The van der Waals surface area contributed by atoms with E-state index in [9.17, 15) is 9.59 Å². The van der Waals surface area contributed by atoms with Crippen molar-refractivity contribution in [3.8, 4) is 0 Å². The summed E-state index contributed by atoms with van der Waals surface area (Å²) in [7, 11) is 0. The molecule has 1 N–H and O–H groups in total. The Morgan fingerprint density at radius 1 is 1.38 bits per heavy atom. The van der Waals surface area contributed by atoms with E-state index < -0.39 is 0 Å². The minimum Gasteiger partial charge on any atom is -0.381 e. The summed E-state index contributed by atoms with van der Waals surface area (Å²) in [5, 5.41) is 2.72. The van der Waals surface area contributed by atoms with E-state index in [0.29, 0.717) is 30.9 Å². The predicted octanol–water partition coefficient (Wildman–Crippen LogP) is 1.86. The van der Waals surface area contributed by atoms with E-state index in [0.717, 1.165) is 6.29 Å². The van der Waals surface area contributed by atoms with Gasteiger partial charge in [-0.1, -0.05) is 0 Å². The van der Waals surface area contributed by atoms with E-state index in [2.05, 4.69) is 5.32 Å². The number of amides is 1. The van der Waals surface area contributed by atoms with Crippen LogP contribution >= 0.6 is 0 Å². The molecule has 0 unspecified atom stereocenters. The summed E-state index contributed by atoms with van der Waals surface area (Å²) in [6, 6.07) is 6.71. The van der Waals surface area contributed by atoms with Gasteiger partial charge in [0.05, 0.1) is 13.0 Å². The average Bonchev–Trinajstić information content (AvgIpc) is 2.30. The van der Waals surface area contributed by atoms with Crippen molar-refractivity contribution in [3.63, 3.8) is 0 Å². The Morgan fingerprint density at radius 2 is 2.06 bits per heavy atom. The van der Waals surface area contributed by atoms with Crippen LogP contribution in [-0.2, 0) is 9.53 Å². The molecular weight excluding hydrogens is 206 g/mol. The molecule has 16 heavy (non-hydrogen) atoms. The lowest BCUT2D eigenvalue weighted by molar-refractivity contribution is -0.117. The van der Waals surface area contributed by atoms with Crippen LogP contribution in [0.15, 0.2) is 24.3 Å². The first-order chi connectivity index (χ1) is 7.76. The fourth-order valence-corrected chi connectivity index (χ4v) is 1.18. The van der Waals surface area contributed by atoms with Gasteiger partial charge in [0.15, 0.2) is 0 Å². The van der Waals surface area contributed by atoms with Crippen molar-refractivity contribution in [2.75, 3.05) is 18.5 Å². The summed E-state index contributed by atoms with van der Waals surface area (Å²) in [5.41, 5.74) is 1.28. The molecule has 0 radical (unpaired) electrons. The molecule has 0 aliphatic rings. The lowest BCUT2D eigenvalue weighted by atomic mass is 10.2. The number of aldehydes is 1. The van der Waals surface area contributed by atoms with Gasteiger partial charge in [-0.25, -0.2) is 0 Å². The summed E-state index contributed by atoms with van der Waals surface area (Å²) in [6.07, 6.45) is 1.10. The van der Waals surface area contributed by atoms with Gasteiger partial charge < -0.3 is 10.1 Å². The van der Waals surface area contributed by atoms with E-state index in [1.807, 2.05) is 6.92 Å². The highest BCUT2D eigenvalue weighted by Gasteiger charge is 2.01. The van der Waals surface area contributed by atoms with Gasteiger partial charge >= 0.3 is 0 Å². The van der Waals surface area contributed by atoms with E-state index in [4.69, 9.17) is 4.74 Å². The van der Waals surface area contributed by atoms with Gasteiger partial charge in [-0.15, -0.1) is 0 Å². The van der Waals surface area contributed by atoms with Gasteiger partial charge in [0.1, 0.15) is 6.29 Å². The lowest BCUT2D eigenvalue weighted by Crippen LogP contribution is -2.14. The van der Waals surface area contributed by atoms with Crippen molar-refractivity contribution in [1.29, 1.82) is 0 Å². The third kappa shape index (κ3) is 4.23. The minimum absolute atomic E-state index is 0.0905. The maximum absolute atomic E-state index is 11.4. The first-order valence-electron chi connectivity index (χ1n) is 5.19. The standard InChI is InChI=1S/C12H15NO3/c1-2-16-8-7-12(15)13-11-5-3-10(9-14)4-6-11/h3-6,9H,2,7-8H2,1H3,(H,13,15). The topological polar surface area (TPSA) is 55.4 Å². The second kappa shape index (κ2) is 6.74. The summed E-state index contributed by atoms with van der Waals surface area (Å²) in [4.78, 5) is 21.8. The van der Waals surface area contributed by atoms with Crippen LogP contribution in [0.5, 0.6) is 0 Å².